The van der Waals surface area contributed by atoms with Crippen LogP contribution in [0.25, 0.3) is 0 Å². The Morgan fingerprint density at radius 2 is 2.15 bits per heavy atom. The van der Waals surface area contributed by atoms with E-state index in [0.717, 1.165) is 25.6 Å². The number of carbonyl (C=O) groups is 1. The number of hydrogen-bond donors (Lipinski definition) is 2. The molecule has 1 fully saturated rings. The second-order valence-electron chi connectivity index (χ2n) is 3.69. The summed E-state index contributed by atoms with van der Waals surface area (Å²) in [6, 6.07) is 0. The van der Waals surface area contributed by atoms with Crippen molar-refractivity contribution in [1.29, 1.82) is 0 Å². The topological polar surface area (TPSA) is 41.1 Å². The molecule has 0 spiro atoms. The number of amides is 1. The first-order valence-corrected chi connectivity index (χ1v) is 5.30. The highest BCUT2D eigenvalue weighted by molar-refractivity contribution is 5.75. The van der Waals surface area contributed by atoms with Crippen LogP contribution >= 0.6 is 0 Å². The monoisotopic (exact) mass is 184 g/mol. The molecule has 0 aromatic heterocycles. The highest BCUT2D eigenvalue weighted by atomic mass is 16.1. The minimum absolute atomic E-state index is 0.182. The molecule has 0 atom stereocenters. The molecule has 0 unspecified atom stereocenters. The molecule has 3 heteroatoms. The van der Waals surface area contributed by atoms with E-state index in [0.29, 0.717) is 6.42 Å². The highest BCUT2D eigenvalue weighted by Gasteiger charge is 2.20. The molecule has 0 aromatic carbocycles. The maximum Gasteiger partial charge on any atom is 0.221 e. The van der Waals surface area contributed by atoms with Crippen molar-refractivity contribution in [3.8, 4) is 0 Å². The highest BCUT2D eigenvalue weighted by Crippen LogP contribution is 2.31. The lowest BCUT2D eigenvalue weighted by Gasteiger charge is -2.04. The summed E-state index contributed by atoms with van der Waals surface area (Å²) in [7, 11) is 0. The van der Waals surface area contributed by atoms with Crippen molar-refractivity contribution >= 4 is 5.91 Å². The van der Waals surface area contributed by atoms with Crippen molar-refractivity contribution in [1.82, 2.24) is 10.6 Å². The second-order valence-corrected chi connectivity index (χ2v) is 3.69. The Morgan fingerprint density at radius 3 is 2.77 bits per heavy atom. The maximum absolute atomic E-state index is 11.2. The molecule has 1 aliphatic rings. The molecule has 76 valence electrons. The Bertz CT molecular complexity index is 155. The van der Waals surface area contributed by atoms with Gasteiger partial charge < -0.3 is 10.6 Å². The number of rotatable bonds is 7. The largest absolute Gasteiger partial charge is 0.356 e. The second kappa shape index (κ2) is 5.97. The fraction of sp³-hybridized carbons (Fsp3) is 0.900. The minimum Gasteiger partial charge on any atom is -0.356 e. The van der Waals surface area contributed by atoms with E-state index < -0.39 is 0 Å². The van der Waals surface area contributed by atoms with Gasteiger partial charge in [0.25, 0.3) is 0 Å². The predicted molar refractivity (Wildman–Crippen MR) is 53.5 cm³/mol. The summed E-state index contributed by atoms with van der Waals surface area (Å²) in [4.78, 5) is 11.2. The molecule has 1 aliphatic carbocycles. The van der Waals surface area contributed by atoms with Crippen LogP contribution in [0.15, 0.2) is 0 Å². The predicted octanol–water partition coefficient (Wildman–Crippen LogP) is 0.902. The van der Waals surface area contributed by atoms with Gasteiger partial charge in [0.2, 0.25) is 5.91 Å². The molecule has 2 N–H and O–H groups in total. The molecule has 3 nitrogen and oxygen atoms in total. The summed E-state index contributed by atoms with van der Waals surface area (Å²) in [5.74, 6) is 1.09. The van der Waals surface area contributed by atoms with E-state index in [-0.39, 0.29) is 5.91 Å². The fourth-order valence-electron chi connectivity index (χ4n) is 1.29. The fourth-order valence-corrected chi connectivity index (χ4v) is 1.29. The number of hydrogen-bond acceptors (Lipinski definition) is 2. The van der Waals surface area contributed by atoms with Gasteiger partial charge in [-0.05, 0) is 18.9 Å². The Labute approximate surface area is 80.3 Å². The first-order valence-electron chi connectivity index (χ1n) is 5.30. The lowest BCUT2D eigenvalue weighted by molar-refractivity contribution is -0.121. The Balaban J connectivity index is 1.84. The Kier molecular flexibility index (Phi) is 4.83. The lowest BCUT2D eigenvalue weighted by atomic mass is 10.3. The molecule has 1 saturated carbocycles. The molecule has 13 heavy (non-hydrogen) atoms. The van der Waals surface area contributed by atoms with Crippen LogP contribution in [0.2, 0.25) is 0 Å². The molecule has 1 rings (SSSR count). The molecule has 0 aromatic rings. The SMILES string of the molecule is CCNCCC(=O)NCCC1CC1. The van der Waals surface area contributed by atoms with E-state index in [4.69, 9.17) is 0 Å². The van der Waals surface area contributed by atoms with Crippen molar-refractivity contribution in [2.45, 2.75) is 32.6 Å². The van der Waals surface area contributed by atoms with E-state index >= 15 is 0 Å². The molecule has 1 amide bonds. The average molecular weight is 184 g/mol. The first kappa shape index (κ1) is 10.5. The molecule has 0 heterocycles. The van der Waals surface area contributed by atoms with Crippen LogP contribution in [-0.2, 0) is 4.79 Å². The molecule has 0 aliphatic heterocycles. The summed E-state index contributed by atoms with van der Waals surface area (Å²) in [5.41, 5.74) is 0. The Morgan fingerprint density at radius 1 is 1.38 bits per heavy atom. The van der Waals surface area contributed by atoms with Crippen molar-refractivity contribution < 1.29 is 4.79 Å². The summed E-state index contributed by atoms with van der Waals surface area (Å²) < 4.78 is 0. The molecule has 0 bridgehead atoms. The van der Waals surface area contributed by atoms with Gasteiger partial charge in [-0.15, -0.1) is 0 Å². The van der Waals surface area contributed by atoms with Gasteiger partial charge in [0, 0.05) is 19.5 Å². The van der Waals surface area contributed by atoms with Crippen molar-refractivity contribution in [2.75, 3.05) is 19.6 Å². The standard InChI is InChI=1S/C10H20N2O/c1-2-11-7-6-10(13)12-8-5-9-3-4-9/h9,11H,2-8H2,1H3,(H,12,13). The van der Waals surface area contributed by atoms with Crippen LogP contribution in [0.1, 0.15) is 32.6 Å². The first-order chi connectivity index (χ1) is 6.33. The van der Waals surface area contributed by atoms with Gasteiger partial charge in [-0.25, -0.2) is 0 Å². The number of nitrogens with one attached hydrogen (secondary N) is 2. The quantitative estimate of drug-likeness (QED) is 0.577. The van der Waals surface area contributed by atoms with Crippen molar-refractivity contribution in [2.24, 2.45) is 5.92 Å². The number of carbonyl (C=O) groups excluding carboxylic acids is 1. The van der Waals surface area contributed by atoms with Crippen LogP contribution in [-0.4, -0.2) is 25.5 Å². The Hall–Kier alpha value is -0.570. The summed E-state index contributed by atoms with van der Waals surface area (Å²) in [6.45, 7) is 4.65. The molecular formula is C10H20N2O. The van der Waals surface area contributed by atoms with Crippen LogP contribution < -0.4 is 10.6 Å². The van der Waals surface area contributed by atoms with Crippen molar-refractivity contribution in [3.05, 3.63) is 0 Å². The smallest absolute Gasteiger partial charge is 0.221 e. The molecule has 0 saturated heterocycles. The van der Waals surface area contributed by atoms with Gasteiger partial charge in [0.1, 0.15) is 0 Å². The zero-order valence-electron chi connectivity index (χ0n) is 8.44. The van der Waals surface area contributed by atoms with E-state index in [1.54, 1.807) is 0 Å². The zero-order valence-corrected chi connectivity index (χ0v) is 8.44. The van der Waals surface area contributed by atoms with Crippen LogP contribution in [0, 0.1) is 5.92 Å². The third kappa shape index (κ3) is 5.64. The minimum atomic E-state index is 0.182. The maximum atomic E-state index is 11.2. The van der Waals surface area contributed by atoms with Crippen LogP contribution in [0.5, 0.6) is 0 Å². The third-order valence-corrected chi connectivity index (χ3v) is 2.35. The normalized spacial score (nSPS) is 15.8. The molecular weight excluding hydrogens is 164 g/mol. The summed E-state index contributed by atoms with van der Waals surface area (Å²) in [6.07, 6.45) is 4.52. The van der Waals surface area contributed by atoms with E-state index in [1.807, 2.05) is 6.92 Å². The van der Waals surface area contributed by atoms with E-state index in [2.05, 4.69) is 10.6 Å². The van der Waals surface area contributed by atoms with E-state index in [1.165, 1.54) is 19.3 Å². The van der Waals surface area contributed by atoms with Crippen molar-refractivity contribution in [3.63, 3.8) is 0 Å². The zero-order chi connectivity index (χ0) is 9.52. The van der Waals surface area contributed by atoms with Gasteiger partial charge in [-0.1, -0.05) is 19.8 Å². The van der Waals surface area contributed by atoms with Crippen LogP contribution in [0.3, 0.4) is 0 Å². The summed E-state index contributed by atoms with van der Waals surface area (Å²) >= 11 is 0. The van der Waals surface area contributed by atoms with E-state index in [9.17, 15) is 4.79 Å². The van der Waals surface area contributed by atoms with Gasteiger partial charge >= 0.3 is 0 Å². The summed E-state index contributed by atoms with van der Waals surface area (Å²) in [5, 5.41) is 6.06. The van der Waals surface area contributed by atoms with Gasteiger partial charge in [0.15, 0.2) is 0 Å². The average Bonchev–Trinajstić information content (AvgIpc) is 2.89. The van der Waals surface area contributed by atoms with Crippen LogP contribution in [0.4, 0.5) is 0 Å². The molecule has 0 radical (unpaired) electrons. The van der Waals surface area contributed by atoms with Gasteiger partial charge in [0.05, 0.1) is 0 Å². The lowest BCUT2D eigenvalue weighted by Crippen LogP contribution is -2.28. The van der Waals surface area contributed by atoms with Gasteiger partial charge in [-0.2, -0.15) is 0 Å². The third-order valence-electron chi connectivity index (χ3n) is 2.35. The van der Waals surface area contributed by atoms with Gasteiger partial charge in [-0.3, -0.25) is 4.79 Å².